The van der Waals surface area contributed by atoms with Gasteiger partial charge >= 0.3 is 0 Å². The molecule has 0 saturated heterocycles. The molecule has 90 valence electrons. The van der Waals surface area contributed by atoms with Crippen LogP contribution in [0.5, 0.6) is 0 Å². The zero-order chi connectivity index (χ0) is 12.4. The van der Waals surface area contributed by atoms with E-state index in [-0.39, 0.29) is 0 Å². The van der Waals surface area contributed by atoms with E-state index < -0.39 is 0 Å². The van der Waals surface area contributed by atoms with Crippen LogP contribution in [0.1, 0.15) is 23.9 Å². The Morgan fingerprint density at radius 1 is 1.24 bits per heavy atom. The van der Waals surface area contributed by atoms with Crippen LogP contribution >= 0.6 is 0 Å². The Morgan fingerprint density at radius 3 is 2.59 bits per heavy atom. The number of rotatable bonds is 3. The predicted octanol–water partition coefficient (Wildman–Crippen LogP) is 2.04. The summed E-state index contributed by atoms with van der Waals surface area (Å²) in [4.78, 5) is 0. The number of aryl methyl sites for hydroxylation is 2. The molecule has 0 unspecified atom stereocenters. The van der Waals surface area contributed by atoms with Crippen molar-refractivity contribution >= 4 is 0 Å². The summed E-state index contributed by atoms with van der Waals surface area (Å²) in [5.74, 6) is 1.74. The van der Waals surface area contributed by atoms with Gasteiger partial charge in [-0.2, -0.15) is 0 Å². The van der Waals surface area contributed by atoms with Crippen molar-refractivity contribution in [3.05, 3.63) is 35.2 Å². The molecule has 0 amide bonds. The van der Waals surface area contributed by atoms with Crippen molar-refractivity contribution in [3.8, 4) is 11.4 Å². The van der Waals surface area contributed by atoms with Crippen LogP contribution in [-0.4, -0.2) is 14.8 Å². The van der Waals surface area contributed by atoms with Gasteiger partial charge in [0.2, 0.25) is 0 Å². The van der Waals surface area contributed by atoms with Crippen LogP contribution in [0.3, 0.4) is 0 Å². The first-order valence-electron chi connectivity index (χ1n) is 5.87. The fourth-order valence-electron chi connectivity index (χ4n) is 2.08. The smallest absolute Gasteiger partial charge is 0.164 e. The van der Waals surface area contributed by atoms with Gasteiger partial charge in [0, 0.05) is 12.1 Å². The number of aromatic nitrogens is 3. The molecular formula is C13H18N4. The second-order valence-corrected chi connectivity index (χ2v) is 4.21. The van der Waals surface area contributed by atoms with Crippen LogP contribution < -0.4 is 5.73 Å². The van der Waals surface area contributed by atoms with E-state index in [0.717, 1.165) is 23.8 Å². The van der Waals surface area contributed by atoms with Crippen molar-refractivity contribution in [1.29, 1.82) is 0 Å². The monoisotopic (exact) mass is 230 g/mol. The lowest BCUT2D eigenvalue weighted by Gasteiger charge is -2.09. The van der Waals surface area contributed by atoms with Crippen LogP contribution in [0, 0.1) is 13.8 Å². The third kappa shape index (κ3) is 2.08. The van der Waals surface area contributed by atoms with Crippen molar-refractivity contribution < 1.29 is 0 Å². The molecule has 0 aliphatic carbocycles. The molecule has 1 heterocycles. The standard InChI is InChI=1S/C13H18N4/c1-4-17-12(8-14)15-16-13(17)11-6-5-9(2)7-10(11)3/h5-7H,4,8,14H2,1-3H3. The highest BCUT2D eigenvalue weighted by molar-refractivity contribution is 5.61. The summed E-state index contributed by atoms with van der Waals surface area (Å²) in [6.45, 7) is 7.52. The van der Waals surface area contributed by atoms with Gasteiger partial charge in [-0.25, -0.2) is 0 Å². The molecule has 4 nitrogen and oxygen atoms in total. The summed E-state index contributed by atoms with van der Waals surface area (Å²) in [6, 6.07) is 6.35. The van der Waals surface area contributed by atoms with Crippen LogP contribution in [-0.2, 0) is 13.1 Å². The first kappa shape index (κ1) is 11.8. The minimum Gasteiger partial charge on any atom is -0.324 e. The van der Waals surface area contributed by atoms with Crippen LogP contribution in [0.2, 0.25) is 0 Å². The highest BCUT2D eigenvalue weighted by Gasteiger charge is 2.13. The van der Waals surface area contributed by atoms with E-state index in [2.05, 4.69) is 53.7 Å². The molecule has 0 aliphatic rings. The molecule has 2 N–H and O–H groups in total. The topological polar surface area (TPSA) is 56.7 Å². The lowest BCUT2D eigenvalue weighted by atomic mass is 10.1. The Bertz CT molecular complexity index is 528. The maximum atomic E-state index is 5.66. The van der Waals surface area contributed by atoms with E-state index in [0.29, 0.717) is 6.54 Å². The second-order valence-electron chi connectivity index (χ2n) is 4.21. The predicted molar refractivity (Wildman–Crippen MR) is 68.5 cm³/mol. The summed E-state index contributed by atoms with van der Waals surface area (Å²) in [5.41, 5.74) is 9.26. The molecule has 0 bridgehead atoms. The van der Waals surface area contributed by atoms with Gasteiger partial charge in [0.1, 0.15) is 5.82 Å². The molecule has 0 spiro atoms. The van der Waals surface area contributed by atoms with Crippen molar-refractivity contribution in [2.75, 3.05) is 0 Å². The van der Waals surface area contributed by atoms with E-state index >= 15 is 0 Å². The summed E-state index contributed by atoms with van der Waals surface area (Å²) in [6.07, 6.45) is 0. The third-order valence-electron chi connectivity index (χ3n) is 2.95. The van der Waals surface area contributed by atoms with Crippen LogP contribution in [0.15, 0.2) is 18.2 Å². The molecule has 0 aliphatic heterocycles. The van der Waals surface area contributed by atoms with E-state index in [1.54, 1.807) is 0 Å². The first-order valence-corrected chi connectivity index (χ1v) is 5.87. The minimum absolute atomic E-state index is 0.422. The molecule has 2 rings (SSSR count). The second kappa shape index (κ2) is 4.67. The fraction of sp³-hybridized carbons (Fsp3) is 0.385. The van der Waals surface area contributed by atoms with Gasteiger partial charge in [0.05, 0.1) is 6.54 Å². The van der Waals surface area contributed by atoms with E-state index in [9.17, 15) is 0 Å². The van der Waals surface area contributed by atoms with Crippen LogP contribution in [0.4, 0.5) is 0 Å². The quantitative estimate of drug-likeness (QED) is 0.877. The molecule has 1 aromatic heterocycles. The fourth-order valence-corrected chi connectivity index (χ4v) is 2.08. The van der Waals surface area contributed by atoms with Crippen LogP contribution in [0.25, 0.3) is 11.4 Å². The maximum Gasteiger partial charge on any atom is 0.164 e. The SMILES string of the molecule is CCn1c(CN)nnc1-c1ccc(C)cc1C. The summed E-state index contributed by atoms with van der Waals surface area (Å²) < 4.78 is 2.07. The summed E-state index contributed by atoms with van der Waals surface area (Å²) >= 11 is 0. The van der Waals surface area contributed by atoms with Crippen molar-refractivity contribution in [3.63, 3.8) is 0 Å². The molecule has 0 atom stereocenters. The summed E-state index contributed by atoms with van der Waals surface area (Å²) in [5, 5.41) is 8.38. The van der Waals surface area contributed by atoms with E-state index in [4.69, 9.17) is 5.73 Å². The number of benzene rings is 1. The molecule has 0 saturated carbocycles. The highest BCUT2D eigenvalue weighted by Crippen LogP contribution is 2.23. The third-order valence-corrected chi connectivity index (χ3v) is 2.95. The molecule has 4 heteroatoms. The van der Waals surface area contributed by atoms with Gasteiger partial charge in [0.15, 0.2) is 5.82 Å². The first-order chi connectivity index (χ1) is 8.17. The molecule has 1 aromatic carbocycles. The number of nitrogens with two attached hydrogens (primary N) is 1. The Morgan fingerprint density at radius 2 is 2.00 bits per heavy atom. The van der Waals surface area contributed by atoms with Gasteiger partial charge in [-0.3, -0.25) is 0 Å². The number of hydrogen-bond donors (Lipinski definition) is 1. The Labute approximate surface area is 101 Å². The minimum atomic E-state index is 0.422. The average molecular weight is 230 g/mol. The average Bonchev–Trinajstić information content (AvgIpc) is 2.71. The van der Waals surface area contributed by atoms with Crippen molar-refractivity contribution in [1.82, 2.24) is 14.8 Å². The number of hydrogen-bond acceptors (Lipinski definition) is 3. The zero-order valence-corrected chi connectivity index (χ0v) is 10.6. The molecule has 2 aromatic rings. The molecular weight excluding hydrogens is 212 g/mol. The van der Waals surface area contributed by atoms with E-state index in [1.807, 2.05) is 0 Å². The van der Waals surface area contributed by atoms with Gasteiger partial charge in [-0.05, 0) is 26.3 Å². The highest BCUT2D eigenvalue weighted by atomic mass is 15.3. The molecule has 0 fully saturated rings. The lowest BCUT2D eigenvalue weighted by Crippen LogP contribution is -2.08. The van der Waals surface area contributed by atoms with Gasteiger partial charge in [-0.1, -0.05) is 23.8 Å². The van der Waals surface area contributed by atoms with E-state index in [1.165, 1.54) is 11.1 Å². The van der Waals surface area contributed by atoms with Gasteiger partial charge in [-0.15, -0.1) is 10.2 Å². The Balaban J connectivity index is 2.56. The Kier molecular flexibility index (Phi) is 3.24. The zero-order valence-electron chi connectivity index (χ0n) is 10.6. The molecule has 0 radical (unpaired) electrons. The van der Waals surface area contributed by atoms with Gasteiger partial charge < -0.3 is 10.3 Å². The Hall–Kier alpha value is -1.68. The lowest BCUT2D eigenvalue weighted by molar-refractivity contribution is 0.704. The van der Waals surface area contributed by atoms with Crippen molar-refractivity contribution in [2.24, 2.45) is 5.73 Å². The molecule has 17 heavy (non-hydrogen) atoms. The summed E-state index contributed by atoms with van der Waals surface area (Å²) in [7, 11) is 0. The maximum absolute atomic E-state index is 5.66. The normalized spacial score (nSPS) is 10.8. The largest absolute Gasteiger partial charge is 0.324 e. The van der Waals surface area contributed by atoms with Gasteiger partial charge in [0.25, 0.3) is 0 Å². The number of nitrogens with zero attached hydrogens (tertiary/aromatic N) is 3. The van der Waals surface area contributed by atoms with Crippen molar-refractivity contribution in [2.45, 2.75) is 33.9 Å².